The molecule has 1 aromatic heterocycles. The second kappa shape index (κ2) is 12.1. The van der Waals surface area contributed by atoms with Crippen molar-refractivity contribution in [3.63, 3.8) is 0 Å². The van der Waals surface area contributed by atoms with Gasteiger partial charge in [0.05, 0.1) is 12.1 Å². The van der Waals surface area contributed by atoms with Crippen LogP contribution in [0.1, 0.15) is 25.8 Å². The maximum atomic E-state index is 13.1. The molecule has 0 saturated heterocycles. The van der Waals surface area contributed by atoms with Crippen molar-refractivity contribution in [1.29, 1.82) is 0 Å². The molecule has 0 bridgehead atoms. The van der Waals surface area contributed by atoms with E-state index in [1.807, 2.05) is 73.7 Å². The Labute approximate surface area is 194 Å². The van der Waals surface area contributed by atoms with Gasteiger partial charge in [-0.25, -0.2) is 9.78 Å². The highest BCUT2D eigenvalue weighted by atomic mass is 32.2. The molecule has 3 rings (SSSR count). The normalized spacial score (nSPS) is 13.5. The highest BCUT2D eigenvalue weighted by Gasteiger charge is 2.47. The predicted molar refractivity (Wildman–Crippen MR) is 131 cm³/mol. The van der Waals surface area contributed by atoms with Crippen LogP contribution in [-0.2, 0) is 25.3 Å². The Bertz CT molecular complexity index is 1050. The second-order valence-electron chi connectivity index (χ2n) is 7.39. The van der Waals surface area contributed by atoms with Gasteiger partial charge in [0.15, 0.2) is 11.7 Å². The molecule has 32 heavy (non-hydrogen) atoms. The fraction of sp³-hybridized carbons (Fsp3) is 0.360. The zero-order valence-electron chi connectivity index (χ0n) is 18.5. The number of carbonyl (C=O) groups excluding carboxylic acids is 1. The molecule has 0 aliphatic rings. The lowest BCUT2D eigenvalue weighted by Crippen LogP contribution is -2.46. The minimum absolute atomic E-state index is 0.127. The zero-order chi connectivity index (χ0) is 22.8. The van der Waals surface area contributed by atoms with Crippen LogP contribution in [0, 0.1) is 0 Å². The molecule has 3 aromatic rings. The molecule has 1 heterocycles. The lowest BCUT2D eigenvalue weighted by molar-refractivity contribution is -0.169. The van der Waals surface area contributed by atoms with Crippen molar-refractivity contribution in [1.82, 2.24) is 4.98 Å². The molecular formula is C25H29NO4PS+. The Kier molecular flexibility index (Phi) is 9.22. The summed E-state index contributed by atoms with van der Waals surface area (Å²) in [6.45, 7) is 4.21. The summed E-state index contributed by atoms with van der Waals surface area (Å²) in [4.78, 5) is 17.6. The Morgan fingerprint density at radius 2 is 1.75 bits per heavy atom. The van der Waals surface area contributed by atoms with Crippen LogP contribution in [0.25, 0.3) is 10.9 Å². The first kappa shape index (κ1) is 24.4. The van der Waals surface area contributed by atoms with E-state index in [9.17, 15) is 9.36 Å². The first-order valence-electron chi connectivity index (χ1n) is 10.8. The number of hydrogen-bond acceptors (Lipinski definition) is 6. The molecule has 0 fully saturated rings. The van der Waals surface area contributed by atoms with E-state index in [1.165, 1.54) is 11.8 Å². The van der Waals surface area contributed by atoms with Gasteiger partial charge in [0.2, 0.25) is 5.60 Å². The largest absolute Gasteiger partial charge is 0.464 e. The molecule has 0 aliphatic heterocycles. The summed E-state index contributed by atoms with van der Waals surface area (Å²) in [6.07, 6.45) is 1.19. The predicted octanol–water partition coefficient (Wildman–Crippen LogP) is 6.08. The van der Waals surface area contributed by atoms with Gasteiger partial charge in [-0.2, -0.15) is 0 Å². The number of thioether (sulfide) groups is 1. The van der Waals surface area contributed by atoms with Gasteiger partial charge in [0, 0.05) is 12.0 Å². The van der Waals surface area contributed by atoms with Gasteiger partial charge in [-0.3, -0.25) is 0 Å². The third kappa shape index (κ3) is 6.61. The van der Waals surface area contributed by atoms with E-state index in [4.69, 9.17) is 9.47 Å². The zero-order valence-corrected chi connectivity index (χ0v) is 20.2. The number of aryl methyl sites for hydroxylation is 1. The van der Waals surface area contributed by atoms with Crippen LogP contribution < -0.4 is 0 Å². The number of carbonyl (C=O) groups is 1. The topological polar surface area (TPSA) is 65.5 Å². The van der Waals surface area contributed by atoms with E-state index in [1.54, 1.807) is 6.92 Å². The summed E-state index contributed by atoms with van der Waals surface area (Å²) >= 11 is 1.44. The molecule has 0 aliphatic carbocycles. The quantitative estimate of drug-likeness (QED) is 0.181. The molecule has 2 aromatic carbocycles. The summed E-state index contributed by atoms with van der Waals surface area (Å²) in [5.74, 6) is -0.435. The van der Waals surface area contributed by atoms with Crippen molar-refractivity contribution in [2.24, 2.45) is 0 Å². The van der Waals surface area contributed by atoms with Crippen LogP contribution in [0.5, 0.6) is 0 Å². The monoisotopic (exact) mass is 470 g/mol. The van der Waals surface area contributed by atoms with Crippen molar-refractivity contribution < 1.29 is 18.8 Å². The van der Waals surface area contributed by atoms with Crippen molar-refractivity contribution in [3.05, 3.63) is 72.3 Å². The summed E-state index contributed by atoms with van der Waals surface area (Å²) in [5.41, 5.74) is 1.16. The smallest absolute Gasteiger partial charge is 0.353 e. The first-order valence-corrected chi connectivity index (χ1v) is 13.4. The highest BCUT2D eigenvalue weighted by Crippen LogP contribution is 2.38. The molecule has 168 valence electrons. The van der Waals surface area contributed by atoms with Gasteiger partial charge in [-0.05, 0) is 44.4 Å². The van der Waals surface area contributed by atoms with E-state index in [0.717, 1.165) is 21.5 Å². The van der Waals surface area contributed by atoms with E-state index in [2.05, 4.69) is 4.98 Å². The van der Waals surface area contributed by atoms with Gasteiger partial charge < -0.3 is 9.47 Å². The second-order valence-corrected chi connectivity index (χ2v) is 10.4. The van der Waals surface area contributed by atoms with Gasteiger partial charge in [-0.1, -0.05) is 70.9 Å². The maximum Gasteiger partial charge on any atom is 0.353 e. The first-order chi connectivity index (χ1) is 15.6. The fourth-order valence-corrected chi connectivity index (χ4v) is 6.29. The Morgan fingerprint density at radius 3 is 2.50 bits per heavy atom. The minimum atomic E-state index is -1.72. The van der Waals surface area contributed by atoms with E-state index >= 15 is 0 Å². The Morgan fingerprint density at radius 1 is 1.00 bits per heavy atom. The molecule has 0 amide bonds. The molecule has 0 N–H and O–H groups in total. The summed E-state index contributed by atoms with van der Waals surface area (Å²) in [6, 6.07) is 21.8. The average Bonchev–Trinajstić information content (AvgIpc) is 2.82. The van der Waals surface area contributed by atoms with E-state index < -0.39 is 19.4 Å². The third-order valence-electron chi connectivity index (χ3n) is 5.09. The standard InChI is InChI=1S/C25H29NO4PS/c1-3-29-24(27)25(30-4-2,17-16-20-10-6-5-7-11-20)18-31(28)19-32-23-15-14-21-12-8-9-13-22(21)26-23/h5-15H,3-4,16-19H2,1-2H3/q+1. The van der Waals surface area contributed by atoms with Crippen LogP contribution in [-0.4, -0.2) is 41.4 Å². The average molecular weight is 471 g/mol. The number of hydrogen-bond donors (Lipinski definition) is 0. The van der Waals surface area contributed by atoms with Crippen molar-refractivity contribution in [3.8, 4) is 0 Å². The number of para-hydroxylation sites is 1. The van der Waals surface area contributed by atoms with E-state index in [0.29, 0.717) is 24.9 Å². The minimum Gasteiger partial charge on any atom is -0.464 e. The number of rotatable bonds is 12. The number of ether oxygens (including phenoxy) is 2. The number of fused-ring (bicyclic) bond motifs is 1. The van der Waals surface area contributed by atoms with Crippen molar-refractivity contribution in [2.75, 3.05) is 24.9 Å². The van der Waals surface area contributed by atoms with Gasteiger partial charge in [0.1, 0.15) is 5.03 Å². The molecule has 2 atom stereocenters. The van der Waals surface area contributed by atoms with Crippen LogP contribution in [0.4, 0.5) is 0 Å². The van der Waals surface area contributed by atoms with Gasteiger partial charge in [-0.15, -0.1) is 0 Å². The third-order valence-corrected chi connectivity index (χ3v) is 8.14. The number of pyridine rings is 1. The van der Waals surface area contributed by atoms with Crippen LogP contribution in [0.15, 0.2) is 71.8 Å². The number of nitrogens with zero attached hydrogens (tertiary/aromatic N) is 1. The number of benzene rings is 2. The fourth-order valence-electron chi connectivity index (χ4n) is 3.55. The van der Waals surface area contributed by atoms with Crippen molar-refractivity contribution >= 4 is 36.4 Å². The molecule has 5 nitrogen and oxygen atoms in total. The number of aromatic nitrogens is 1. The highest BCUT2D eigenvalue weighted by molar-refractivity contribution is 8.03. The molecule has 7 heteroatoms. The van der Waals surface area contributed by atoms with Gasteiger partial charge >= 0.3 is 13.8 Å². The maximum absolute atomic E-state index is 13.1. The lowest BCUT2D eigenvalue weighted by atomic mass is 9.96. The van der Waals surface area contributed by atoms with Crippen LogP contribution in [0.2, 0.25) is 0 Å². The summed E-state index contributed by atoms with van der Waals surface area (Å²) in [7, 11) is -1.72. The number of esters is 1. The summed E-state index contributed by atoms with van der Waals surface area (Å²) < 4.78 is 24.4. The Hall–Kier alpha value is -2.27. The molecule has 0 spiro atoms. The van der Waals surface area contributed by atoms with E-state index in [-0.39, 0.29) is 12.8 Å². The molecule has 0 radical (unpaired) electrons. The van der Waals surface area contributed by atoms with Crippen LogP contribution >= 0.6 is 19.6 Å². The lowest BCUT2D eigenvalue weighted by Gasteiger charge is -2.27. The Balaban J connectivity index is 1.70. The van der Waals surface area contributed by atoms with Crippen LogP contribution in [0.3, 0.4) is 0 Å². The summed E-state index contributed by atoms with van der Waals surface area (Å²) in [5, 5.41) is 1.88. The molecule has 0 saturated carbocycles. The molecular weight excluding hydrogens is 441 g/mol. The SMILES string of the molecule is CCOC(=O)C(CCc1ccccc1)(C[P+](=O)CSc1ccc2ccccc2n1)OCC. The molecule has 2 unspecified atom stereocenters. The van der Waals surface area contributed by atoms with Crippen molar-refractivity contribution in [2.45, 2.75) is 37.3 Å². The van der Waals surface area contributed by atoms with Gasteiger partial charge in [0.25, 0.3) is 0 Å².